The second-order valence-electron chi connectivity index (χ2n) is 7.81. The maximum absolute atomic E-state index is 12.6. The highest BCUT2D eigenvalue weighted by atomic mass is 32.2. The van der Waals surface area contributed by atoms with E-state index in [0.29, 0.717) is 11.8 Å². The van der Waals surface area contributed by atoms with Crippen LogP contribution in [-0.2, 0) is 20.4 Å². The normalized spacial score (nSPS) is 22.6. The molecule has 25 heavy (non-hydrogen) atoms. The summed E-state index contributed by atoms with van der Waals surface area (Å²) in [4.78, 5) is 12.4. The number of benzene rings is 1. The fraction of sp³-hybridized carbons (Fsp3) is 0.650. The zero-order valence-electron chi connectivity index (χ0n) is 15.8. The van der Waals surface area contributed by atoms with E-state index < -0.39 is 15.1 Å². The van der Waals surface area contributed by atoms with Crippen molar-refractivity contribution in [3.05, 3.63) is 35.4 Å². The van der Waals surface area contributed by atoms with Crippen molar-refractivity contribution in [3.63, 3.8) is 0 Å². The van der Waals surface area contributed by atoms with Crippen LogP contribution < -0.4 is 5.32 Å². The topological polar surface area (TPSA) is 63.2 Å². The molecule has 0 heterocycles. The van der Waals surface area contributed by atoms with Gasteiger partial charge in [-0.05, 0) is 55.6 Å². The predicted molar refractivity (Wildman–Crippen MR) is 102 cm³/mol. The molecule has 4 nitrogen and oxygen atoms in total. The summed E-state index contributed by atoms with van der Waals surface area (Å²) in [5.74, 6) is 0.650. The third-order valence-electron chi connectivity index (χ3n) is 5.28. The summed E-state index contributed by atoms with van der Waals surface area (Å²) < 4.78 is 25.2. The minimum Gasteiger partial charge on any atom is -0.352 e. The molecule has 1 N–H and O–H groups in total. The molecule has 1 aliphatic rings. The van der Waals surface area contributed by atoms with Crippen LogP contribution in [0.1, 0.15) is 70.4 Å². The molecule has 1 aliphatic carbocycles. The van der Waals surface area contributed by atoms with Crippen LogP contribution in [0.2, 0.25) is 0 Å². The highest BCUT2D eigenvalue weighted by Gasteiger charge is 2.30. The van der Waals surface area contributed by atoms with Crippen LogP contribution in [0.4, 0.5) is 0 Å². The first-order valence-corrected chi connectivity index (χ1v) is 11.0. The summed E-state index contributed by atoms with van der Waals surface area (Å²) in [5.41, 5.74) is 1.91. The Morgan fingerprint density at radius 2 is 1.64 bits per heavy atom. The third-order valence-corrected chi connectivity index (χ3v) is 7.31. The summed E-state index contributed by atoms with van der Waals surface area (Å²) in [7, 11) is -3.52. The number of carbonyl (C=O) groups excluding carboxylic acids is 1. The Hall–Kier alpha value is -1.36. The van der Waals surface area contributed by atoms with Crippen molar-refractivity contribution < 1.29 is 13.2 Å². The van der Waals surface area contributed by atoms with Gasteiger partial charge in [-0.3, -0.25) is 4.79 Å². The van der Waals surface area contributed by atoms with Crippen molar-refractivity contribution in [2.75, 3.05) is 0 Å². The molecule has 0 saturated heterocycles. The van der Waals surface area contributed by atoms with Gasteiger partial charge < -0.3 is 5.32 Å². The smallest absolute Gasteiger partial charge is 0.238 e. The first-order valence-electron chi connectivity index (χ1n) is 9.30. The molecular weight excluding hydrogens is 334 g/mol. The van der Waals surface area contributed by atoms with E-state index >= 15 is 0 Å². The van der Waals surface area contributed by atoms with Crippen LogP contribution in [0.25, 0.3) is 0 Å². The SMILES string of the molecule is CC1CCC(NC(=O)[C@H](C)S(=O)(=O)Cc2ccc(C(C)C)cc2)CC1. The van der Waals surface area contributed by atoms with Crippen LogP contribution in [0, 0.1) is 5.92 Å². The van der Waals surface area contributed by atoms with Gasteiger partial charge in [0.05, 0.1) is 5.75 Å². The maximum atomic E-state index is 12.6. The number of hydrogen-bond acceptors (Lipinski definition) is 3. The summed E-state index contributed by atoms with van der Waals surface area (Å²) >= 11 is 0. The molecule has 1 aromatic carbocycles. The van der Waals surface area contributed by atoms with Crippen molar-refractivity contribution in [2.45, 2.75) is 76.3 Å². The first-order chi connectivity index (χ1) is 11.7. The molecule has 1 aromatic rings. The molecule has 0 bridgehead atoms. The highest BCUT2D eigenvalue weighted by Crippen LogP contribution is 2.24. The number of rotatable bonds is 6. The zero-order valence-corrected chi connectivity index (χ0v) is 16.6. The monoisotopic (exact) mass is 365 g/mol. The fourth-order valence-electron chi connectivity index (χ4n) is 3.24. The molecule has 1 saturated carbocycles. The predicted octanol–water partition coefficient (Wildman–Crippen LogP) is 3.81. The third kappa shape index (κ3) is 5.56. The largest absolute Gasteiger partial charge is 0.352 e. The van der Waals surface area contributed by atoms with E-state index in [-0.39, 0.29) is 17.7 Å². The number of nitrogens with one attached hydrogen (secondary N) is 1. The lowest BCUT2D eigenvalue weighted by molar-refractivity contribution is -0.121. The van der Waals surface area contributed by atoms with Crippen molar-refractivity contribution in [3.8, 4) is 0 Å². The van der Waals surface area contributed by atoms with Crippen LogP contribution in [0.15, 0.2) is 24.3 Å². The molecule has 140 valence electrons. The fourth-order valence-corrected chi connectivity index (χ4v) is 4.54. The second kappa shape index (κ2) is 8.35. The van der Waals surface area contributed by atoms with Crippen molar-refractivity contribution in [1.82, 2.24) is 5.32 Å². The summed E-state index contributed by atoms with van der Waals surface area (Å²) in [5, 5.41) is 1.92. The molecule has 0 aromatic heterocycles. The lowest BCUT2D eigenvalue weighted by Crippen LogP contribution is -2.44. The van der Waals surface area contributed by atoms with E-state index in [9.17, 15) is 13.2 Å². The van der Waals surface area contributed by atoms with Gasteiger partial charge in [0.1, 0.15) is 5.25 Å². The molecule has 1 fully saturated rings. The molecule has 2 rings (SSSR count). The first kappa shape index (κ1) is 20.0. The van der Waals surface area contributed by atoms with Crippen molar-refractivity contribution in [2.24, 2.45) is 5.92 Å². The zero-order chi connectivity index (χ0) is 18.6. The van der Waals surface area contributed by atoms with Crippen LogP contribution in [-0.4, -0.2) is 25.6 Å². The molecule has 1 atom stereocenters. The van der Waals surface area contributed by atoms with E-state index in [0.717, 1.165) is 31.2 Å². The van der Waals surface area contributed by atoms with Crippen molar-refractivity contribution in [1.29, 1.82) is 0 Å². The van der Waals surface area contributed by atoms with Crippen LogP contribution in [0.3, 0.4) is 0 Å². The molecule has 0 unspecified atom stereocenters. The summed E-state index contributed by atoms with van der Waals surface area (Å²) in [6.45, 7) is 7.92. The van der Waals surface area contributed by atoms with E-state index in [2.05, 4.69) is 26.1 Å². The Morgan fingerprint density at radius 3 is 2.16 bits per heavy atom. The Labute approximate surface area is 152 Å². The minimum absolute atomic E-state index is 0.0956. The standard InChI is InChI=1S/C20H31NO3S/c1-14(2)18-9-7-17(8-10-18)13-25(23,24)16(4)20(22)21-19-11-5-15(3)6-12-19/h7-10,14-16,19H,5-6,11-13H2,1-4H3,(H,21,22)/t15?,16-,19?/m0/s1. The average Bonchev–Trinajstić information content (AvgIpc) is 2.56. The van der Waals surface area contributed by atoms with E-state index in [1.165, 1.54) is 12.5 Å². The van der Waals surface area contributed by atoms with E-state index in [1.54, 1.807) is 0 Å². The Kier molecular flexibility index (Phi) is 6.66. The molecular formula is C20H31NO3S. The summed E-state index contributed by atoms with van der Waals surface area (Å²) in [6, 6.07) is 7.74. The van der Waals surface area contributed by atoms with E-state index in [1.807, 2.05) is 24.3 Å². The minimum atomic E-state index is -3.52. The van der Waals surface area contributed by atoms with E-state index in [4.69, 9.17) is 0 Å². The molecule has 5 heteroatoms. The van der Waals surface area contributed by atoms with Gasteiger partial charge in [-0.2, -0.15) is 0 Å². The van der Waals surface area contributed by atoms with Gasteiger partial charge >= 0.3 is 0 Å². The number of amides is 1. The highest BCUT2D eigenvalue weighted by molar-refractivity contribution is 7.92. The Balaban J connectivity index is 1.96. The Morgan fingerprint density at radius 1 is 1.08 bits per heavy atom. The number of sulfone groups is 1. The average molecular weight is 366 g/mol. The molecule has 0 spiro atoms. The van der Waals surface area contributed by atoms with Gasteiger partial charge in [0.2, 0.25) is 5.91 Å². The quantitative estimate of drug-likeness (QED) is 0.834. The molecule has 1 amide bonds. The van der Waals surface area contributed by atoms with Gasteiger partial charge in [-0.1, -0.05) is 45.0 Å². The second-order valence-corrected chi connectivity index (χ2v) is 10.1. The summed E-state index contributed by atoms with van der Waals surface area (Å²) in [6.07, 6.45) is 4.06. The Bertz CT molecular complexity index is 671. The van der Waals surface area contributed by atoms with Crippen LogP contribution >= 0.6 is 0 Å². The molecule has 0 radical (unpaired) electrons. The lowest BCUT2D eigenvalue weighted by Gasteiger charge is -2.27. The van der Waals surface area contributed by atoms with Gasteiger partial charge in [-0.15, -0.1) is 0 Å². The molecule has 0 aliphatic heterocycles. The lowest BCUT2D eigenvalue weighted by atomic mass is 9.87. The maximum Gasteiger partial charge on any atom is 0.238 e. The number of carbonyl (C=O) groups is 1. The van der Waals surface area contributed by atoms with Crippen LogP contribution in [0.5, 0.6) is 0 Å². The van der Waals surface area contributed by atoms with Crippen molar-refractivity contribution >= 4 is 15.7 Å². The van der Waals surface area contributed by atoms with Gasteiger partial charge in [0.15, 0.2) is 9.84 Å². The van der Waals surface area contributed by atoms with Gasteiger partial charge in [0.25, 0.3) is 0 Å². The van der Waals surface area contributed by atoms with Gasteiger partial charge in [-0.25, -0.2) is 8.42 Å². The number of hydrogen-bond donors (Lipinski definition) is 1. The van der Waals surface area contributed by atoms with Gasteiger partial charge in [0, 0.05) is 6.04 Å².